The molecule has 0 saturated carbocycles. The molecule has 34 heavy (non-hydrogen) atoms. The molecule has 2 amide bonds. The van der Waals surface area contributed by atoms with Gasteiger partial charge in [0, 0.05) is 24.9 Å². The number of para-hydroxylation sites is 2. The molecule has 0 atom stereocenters. The van der Waals surface area contributed by atoms with Gasteiger partial charge in [0.2, 0.25) is 0 Å². The lowest BCUT2D eigenvalue weighted by Gasteiger charge is -2.23. The monoisotopic (exact) mass is 488 g/mol. The van der Waals surface area contributed by atoms with Crippen LogP contribution in [0.4, 0.5) is 19.3 Å². The van der Waals surface area contributed by atoms with Gasteiger partial charge in [0.25, 0.3) is 0 Å². The molecule has 5 nitrogen and oxygen atoms in total. The fourth-order valence-corrected chi connectivity index (χ4v) is 4.64. The number of rotatable bonds is 14. The van der Waals surface area contributed by atoms with Crippen LogP contribution < -0.4 is 5.32 Å². The summed E-state index contributed by atoms with van der Waals surface area (Å²) in [6.45, 7) is 3.41. The molecule has 8 heteroatoms. The minimum absolute atomic E-state index is 0.00428. The van der Waals surface area contributed by atoms with Crippen LogP contribution in [0.3, 0.4) is 0 Å². The maximum absolute atomic E-state index is 14.0. The van der Waals surface area contributed by atoms with Crippen molar-refractivity contribution in [1.29, 1.82) is 0 Å². The number of hydrogen-bond acceptors (Lipinski definition) is 3. The van der Waals surface area contributed by atoms with Gasteiger partial charge in [0.15, 0.2) is 5.16 Å². The first-order valence-electron chi connectivity index (χ1n) is 12.2. The van der Waals surface area contributed by atoms with Gasteiger partial charge < -0.3 is 15.2 Å². The third-order valence-corrected chi connectivity index (χ3v) is 6.63. The quantitative estimate of drug-likeness (QED) is 0.181. The van der Waals surface area contributed by atoms with Crippen molar-refractivity contribution in [3.8, 4) is 0 Å². The highest BCUT2D eigenvalue weighted by Gasteiger charge is 2.15. The van der Waals surface area contributed by atoms with Crippen molar-refractivity contribution in [1.82, 2.24) is 14.9 Å². The van der Waals surface area contributed by atoms with Crippen molar-refractivity contribution in [2.75, 3.05) is 24.2 Å². The molecule has 0 radical (unpaired) electrons. The van der Waals surface area contributed by atoms with Crippen LogP contribution >= 0.6 is 11.8 Å². The van der Waals surface area contributed by atoms with Gasteiger partial charge in [-0.05, 0) is 43.5 Å². The zero-order valence-corrected chi connectivity index (χ0v) is 20.6. The molecule has 3 aromatic rings. The first-order chi connectivity index (χ1) is 16.6. The molecule has 0 aliphatic carbocycles. The van der Waals surface area contributed by atoms with E-state index in [1.165, 1.54) is 18.9 Å². The van der Waals surface area contributed by atoms with Crippen LogP contribution in [-0.2, 0) is 0 Å². The predicted molar refractivity (Wildman–Crippen MR) is 136 cm³/mol. The predicted octanol–water partition coefficient (Wildman–Crippen LogP) is 7.61. The Kier molecular flexibility index (Phi) is 10.7. The summed E-state index contributed by atoms with van der Waals surface area (Å²) < 4.78 is 27.2. The molecule has 3 rings (SSSR count). The maximum atomic E-state index is 14.0. The summed E-state index contributed by atoms with van der Waals surface area (Å²) in [6, 6.07) is 10.8. The number of halogens is 2. The topological polar surface area (TPSA) is 61.0 Å². The Hall–Kier alpha value is -2.61. The van der Waals surface area contributed by atoms with Gasteiger partial charge in [0.05, 0.1) is 16.7 Å². The molecule has 0 bridgehead atoms. The summed E-state index contributed by atoms with van der Waals surface area (Å²) in [4.78, 5) is 22.5. The SMILES string of the molecule is CCCCCCCN(CCCCCSc1nc2ccccc2[nH]1)C(=O)Nc1ccc(F)cc1F. The number of aromatic amines is 1. The van der Waals surface area contributed by atoms with E-state index in [4.69, 9.17) is 0 Å². The molecule has 1 aromatic heterocycles. The van der Waals surface area contributed by atoms with Gasteiger partial charge in [-0.3, -0.25) is 0 Å². The van der Waals surface area contributed by atoms with Gasteiger partial charge in [0.1, 0.15) is 11.6 Å². The number of benzene rings is 2. The fraction of sp³-hybridized carbons (Fsp3) is 0.462. The Bertz CT molecular complexity index is 1010. The number of nitrogens with one attached hydrogen (secondary N) is 2. The van der Waals surface area contributed by atoms with E-state index in [0.717, 1.165) is 72.6 Å². The molecule has 0 aliphatic rings. The number of thioether (sulfide) groups is 1. The second-order valence-corrected chi connectivity index (χ2v) is 9.51. The summed E-state index contributed by atoms with van der Waals surface area (Å²) in [5.74, 6) is -0.480. The number of aromatic nitrogens is 2. The van der Waals surface area contributed by atoms with E-state index >= 15 is 0 Å². The molecule has 2 N–H and O–H groups in total. The highest BCUT2D eigenvalue weighted by atomic mass is 32.2. The number of imidazole rings is 1. The Balaban J connectivity index is 1.43. The zero-order chi connectivity index (χ0) is 24.2. The van der Waals surface area contributed by atoms with Crippen molar-refractivity contribution in [3.63, 3.8) is 0 Å². The van der Waals surface area contributed by atoms with Crippen LogP contribution in [0.1, 0.15) is 58.3 Å². The van der Waals surface area contributed by atoms with E-state index in [2.05, 4.69) is 22.2 Å². The van der Waals surface area contributed by atoms with Crippen LogP contribution in [0.25, 0.3) is 11.0 Å². The normalized spacial score (nSPS) is 11.1. The molecule has 0 saturated heterocycles. The van der Waals surface area contributed by atoms with Crippen LogP contribution in [0.5, 0.6) is 0 Å². The summed E-state index contributed by atoms with van der Waals surface area (Å²) in [5, 5.41) is 3.53. The minimum Gasteiger partial charge on any atom is -0.333 e. The lowest BCUT2D eigenvalue weighted by molar-refractivity contribution is 0.209. The number of unbranched alkanes of at least 4 members (excludes halogenated alkanes) is 6. The van der Waals surface area contributed by atoms with Gasteiger partial charge in [-0.1, -0.05) is 62.9 Å². The Morgan fingerprint density at radius 2 is 1.74 bits per heavy atom. The number of amides is 2. The highest BCUT2D eigenvalue weighted by Crippen LogP contribution is 2.21. The molecule has 0 spiro atoms. The molecule has 0 aliphatic heterocycles. The Labute approximate surface area is 204 Å². The number of anilines is 1. The lowest BCUT2D eigenvalue weighted by atomic mass is 10.1. The third-order valence-electron chi connectivity index (χ3n) is 5.67. The zero-order valence-electron chi connectivity index (χ0n) is 19.8. The number of carbonyl (C=O) groups excluding carboxylic acids is 1. The number of H-pyrrole nitrogens is 1. The van der Waals surface area contributed by atoms with Crippen LogP contribution in [0.2, 0.25) is 0 Å². The molecule has 184 valence electrons. The van der Waals surface area contributed by atoms with E-state index in [1.54, 1.807) is 16.7 Å². The van der Waals surface area contributed by atoms with Crippen molar-refractivity contribution in [3.05, 3.63) is 54.1 Å². The smallest absolute Gasteiger partial charge is 0.321 e. The summed E-state index contributed by atoms with van der Waals surface area (Å²) in [6.07, 6.45) is 8.36. The average molecular weight is 489 g/mol. The first kappa shape index (κ1) is 26.0. The molecule has 2 aromatic carbocycles. The summed E-state index contributed by atoms with van der Waals surface area (Å²) in [5.41, 5.74) is 2.02. The number of carbonyl (C=O) groups is 1. The number of fused-ring (bicyclic) bond motifs is 1. The van der Waals surface area contributed by atoms with E-state index in [-0.39, 0.29) is 11.7 Å². The standard InChI is InChI=1S/C26H34F2N4OS/c1-2-3-4-5-9-16-32(26(33)31-22-15-14-20(27)19-21(22)28)17-10-6-11-18-34-25-29-23-12-7-8-13-24(23)30-25/h7-8,12-15,19H,2-6,9-11,16-18H2,1H3,(H,29,30)(H,31,33). The van der Waals surface area contributed by atoms with Crippen LogP contribution in [0, 0.1) is 11.6 Å². The Morgan fingerprint density at radius 3 is 2.47 bits per heavy atom. The minimum atomic E-state index is -0.765. The summed E-state index contributed by atoms with van der Waals surface area (Å²) in [7, 11) is 0. The van der Waals surface area contributed by atoms with Gasteiger partial charge in [-0.2, -0.15) is 0 Å². The van der Waals surface area contributed by atoms with Crippen molar-refractivity contribution >= 4 is 34.5 Å². The number of urea groups is 1. The van der Waals surface area contributed by atoms with Crippen LogP contribution in [-0.4, -0.2) is 39.7 Å². The maximum Gasteiger partial charge on any atom is 0.321 e. The summed E-state index contributed by atoms with van der Waals surface area (Å²) >= 11 is 1.71. The van der Waals surface area contributed by atoms with Crippen molar-refractivity contribution in [2.45, 2.75) is 63.4 Å². The lowest BCUT2D eigenvalue weighted by Crippen LogP contribution is -2.36. The van der Waals surface area contributed by atoms with Crippen molar-refractivity contribution < 1.29 is 13.6 Å². The second-order valence-electron chi connectivity index (χ2n) is 8.42. The first-order valence-corrected chi connectivity index (χ1v) is 13.1. The van der Waals surface area contributed by atoms with E-state index in [0.29, 0.717) is 13.1 Å². The second kappa shape index (κ2) is 13.9. The molecule has 0 unspecified atom stereocenters. The Morgan fingerprint density at radius 1 is 1.00 bits per heavy atom. The number of hydrogen-bond donors (Lipinski definition) is 2. The van der Waals surface area contributed by atoms with Gasteiger partial charge in [-0.25, -0.2) is 18.6 Å². The van der Waals surface area contributed by atoms with Crippen molar-refractivity contribution in [2.24, 2.45) is 0 Å². The molecule has 1 heterocycles. The third kappa shape index (κ3) is 8.31. The molecule has 0 fully saturated rings. The van der Waals surface area contributed by atoms with E-state index in [1.807, 2.05) is 24.3 Å². The highest BCUT2D eigenvalue weighted by molar-refractivity contribution is 7.99. The average Bonchev–Trinajstić information content (AvgIpc) is 3.24. The fourth-order valence-electron chi connectivity index (χ4n) is 3.75. The van der Waals surface area contributed by atoms with E-state index < -0.39 is 11.6 Å². The van der Waals surface area contributed by atoms with E-state index in [9.17, 15) is 13.6 Å². The van der Waals surface area contributed by atoms with Crippen LogP contribution in [0.15, 0.2) is 47.6 Å². The largest absolute Gasteiger partial charge is 0.333 e. The van der Waals surface area contributed by atoms with Gasteiger partial charge in [-0.15, -0.1) is 0 Å². The number of nitrogens with zero attached hydrogens (tertiary/aromatic N) is 2. The molecular weight excluding hydrogens is 454 g/mol. The molecular formula is C26H34F2N4OS. The van der Waals surface area contributed by atoms with Gasteiger partial charge >= 0.3 is 6.03 Å².